The maximum absolute atomic E-state index is 12.7. The van der Waals surface area contributed by atoms with Gasteiger partial charge in [0.2, 0.25) is 0 Å². The first-order chi connectivity index (χ1) is 33.0. The number of allylic oxidation sites excluding steroid dienone is 2. The number of phosphoric acid groups is 1. The molecule has 0 aliphatic carbocycles. The van der Waals surface area contributed by atoms with Gasteiger partial charge in [-0.3, -0.25) is 14.2 Å². The van der Waals surface area contributed by atoms with E-state index in [1.807, 2.05) is 21.1 Å². The zero-order valence-electron chi connectivity index (χ0n) is 45.8. The summed E-state index contributed by atoms with van der Waals surface area (Å²) in [4.78, 5) is 37.8. The van der Waals surface area contributed by atoms with Crippen LogP contribution in [0.25, 0.3) is 0 Å². The molecule has 0 aliphatic rings. The molecule has 0 rings (SSSR count). The molecule has 0 aromatic heterocycles. The van der Waals surface area contributed by atoms with Crippen molar-refractivity contribution in [3.05, 3.63) is 12.2 Å². The zero-order valence-corrected chi connectivity index (χ0v) is 46.7. The number of esters is 2. The van der Waals surface area contributed by atoms with E-state index in [0.717, 1.165) is 51.4 Å². The third kappa shape index (κ3) is 54.1. The van der Waals surface area contributed by atoms with Gasteiger partial charge in [-0.25, -0.2) is 0 Å². The largest absolute Gasteiger partial charge is 0.756 e. The topological polar surface area (TPSA) is 111 Å². The minimum absolute atomic E-state index is 0.0289. The lowest BCUT2D eigenvalue weighted by atomic mass is 10.0. The fourth-order valence-corrected chi connectivity index (χ4v) is 9.44. The van der Waals surface area contributed by atoms with Crippen molar-refractivity contribution in [1.82, 2.24) is 0 Å². The van der Waals surface area contributed by atoms with E-state index in [-0.39, 0.29) is 32.0 Å². The van der Waals surface area contributed by atoms with Gasteiger partial charge in [-0.05, 0) is 38.5 Å². The second-order valence-corrected chi connectivity index (χ2v) is 22.8. The number of hydrogen-bond acceptors (Lipinski definition) is 8. The number of unbranched alkanes of at least 4 members (excludes halogenated alkanes) is 39. The average molecular weight is 985 g/mol. The normalized spacial score (nSPS) is 13.3. The lowest BCUT2D eigenvalue weighted by molar-refractivity contribution is -0.870. The summed E-state index contributed by atoms with van der Waals surface area (Å²) >= 11 is 0. The van der Waals surface area contributed by atoms with E-state index in [0.29, 0.717) is 17.4 Å². The predicted molar refractivity (Wildman–Crippen MR) is 287 cm³/mol. The monoisotopic (exact) mass is 984 g/mol. The number of carbonyl (C=O) groups excluding carboxylic acids is 2. The maximum Gasteiger partial charge on any atom is 0.306 e. The molecule has 0 bridgehead atoms. The summed E-state index contributed by atoms with van der Waals surface area (Å²) in [6.07, 6.45) is 58.4. The highest BCUT2D eigenvalue weighted by atomic mass is 31.2. The Balaban J connectivity index is 4.02. The van der Waals surface area contributed by atoms with Crippen LogP contribution in [0.1, 0.15) is 296 Å². The first-order valence-electron chi connectivity index (χ1n) is 29.4. The van der Waals surface area contributed by atoms with Crippen molar-refractivity contribution in [3.8, 4) is 0 Å². The van der Waals surface area contributed by atoms with Crippen LogP contribution < -0.4 is 4.89 Å². The Kier molecular flexibility index (Phi) is 49.8. The quantitative estimate of drug-likeness (QED) is 0.0195. The Bertz CT molecular complexity index is 1160. The summed E-state index contributed by atoms with van der Waals surface area (Å²) in [7, 11) is 1.18. The molecular weight excluding hydrogens is 870 g/mol. The van der Waals surface area contributed by atoms with Crippen molar-refractivity contribution in [2.24, 2.45) is 0 Å². The van der Waals surface area contributed by atoms with Gasteiger partial charge in [0.1, 0.15) is 19.8 Å². The first-order valence-corrected chi connectivity index (χ1v) is 30.9. The minimum Gasteiger partial charge on any atom is -0.756 e. The van der Waals surface area contributed by atoms with E-state index in [2.05, 4.69) is 26.0 Å². The Morgan fingerprint density at radius 2 is 0.750 bits per heavy atom. The second kappa shape index (κ2) is 50.7. The third-order valence-electron chi connectivity index (χ3n) is 13.3. The van der Waals surface area contributed by atoms with Crippen LogP contribution in [0.2, 0.25) is 0 Å². The summed E-state index contributed by atoms with van der Waals surface area (Å²) in [5.74, 6) is -0.826. The van der Waals surface area contributed by atoms with E-state index in [1.165, 1.54) is 212 Å². The molecule has 2 unspecified atom stereocenters. The van der Waals surface area contributed by atoms with Gasteiger partial charge in [0.15, 0.2) is 6.10 Å². The molecule has 404 valence electrons. The van der Waals surface area contributed by atoms with Gasteiger partial charge in [0.05, 0.1) is 27.7 Å². The molecule has 0 heterocycles. The summed E-state index contributed by atoms with van der Waals surface area (Å²) in [5.41, 5.74) is 0. The van der Waals surface area contributed by atoms with Gasteiger partial charge in [-0.2, -0.15) is 0 Å². The molecule has 0 aromatic carbocycles. The number of phosphoric ester groups is 1. The highest BCUT2D eigenvalue weighted by molar-refractivity contribution is 7.45. The molecule has 10 heteroatoms. The summed E-state index contributed by atoms with van der Waals surface area (Å²) in [5, 5.41) is 0. The zero-order chi connectivity index (χ0) is 49.9. The molecule has 68 heavy (non-hydrogen) atoms. The van der Waals surface area contributed by atoms with Crippen LogP contribution in [0.5, 0.6) is 0 Å². The van der Waals surface area contributed by atoms with Gasteiger partial charge in [0, 0.05) is 12.8 Å². The third-order valence-corrected chi connectivity index (χ3v) is 14.2. The molecule has 0 fully saturated rings. The van der Waals surface area contributed by atoms with Crippen LogP contribution in [0.3, 0.4) is 0 Å². The standard InChI is InChI=1S/C58H114NO8P/c1-6-8-10-12-14-16-18-20-22-23-24-25-26-27-28-29-30-31-32-33-34-35-37-38-40-42-44-46-48-50-57(60)64-54-56(55-66-68(62,63)65-53-52-59(3,4)5)67-58(61)51-49-47-45-43-41-39-36-21-19-17-15-13-11-9-7-2/h21,36,56H,6-20,22-35,37-55H2,1-5H3/b36-21-. The predicted octanol–water partition coefficient (Wildman–Crippen LogP) is 17.4. The number of hydrogen-bond donors (Lipinski definition) is 0. The highest BCUT2D eigenvalue weighted by Gasteiger charge is 2.22. The highest BCUT2D eigenvalue weighted by Crippen LogP contribution is 2.38. The van der Waals surface area contributed by atoms with Gasteiger partial charge < -0.3 is 27.9 Å². The summed E-state index contributed by atoms with van der Waals surface area (Å²) in [6, 6.07) is 0. The van der Waals surface area contributed by atoms with Crippen molar-refractivity contribution in [1.29, 1.82) is 0 Å². The van der Waals surface area contributed by atoms with E-state index < -0.39 is 26.5 Å². The lowest BCUT2D eigenvalue weighted by Gasteiger charge is -2.28. The molecule has 0 spiro atoms. The number of nitrogens with zero attached hydrogens (tertiary/aromatic N) is 1. The van der Waals surface area contributed by atoms with E-state index in [9.17, 15) is 19.0 Å². The van der Waals surface area contributed by atoms with Crippen LogP contribution in [-0.2, 0) is 32.7 Å². The van der Waals surface area contributed by atoms with Crippen molar-refractivity contribution in [2.45, 2.75) is 302 Å². The fraction of sp³-hybridized carbons (Fsp3) is 0.931. The molecule has 0 amide bonds. The van der Waals surface area contributed by atoms with E-state index >= 15 is 0 Å². The molecule has 0 saturated carbocycles. The molecule has 0 saturated heterocycles. The van der Waals surface area contributed by atoms with Crippen molar-refractivity contribution >= 4 is 19.8 Å². The summed E-state index contributed by atoms with van der Waals surface area (Å²) < 4.78 is 34.1. The molecule has 0 N–H and O–H groups in total. The fourth-order valence-electron chi connectivity index (χ4n) is 8.71. The van der Waals surface area contributed by atoms with Crippen LogP contribution in [-0.4, -0.2) is 70.0 Å². The SMILES string of the molecule is CCCCCCCC/C=C\CCCCCCCC(=O)OC(COC(=O)CCCCCCCCCCCCCCCCCCCCCCCCCCCCCCC)COP(=O)([O-])OCC[N+](C)(C)C. The minimum atomic E-state index is -4.63. The van der Waals surface area contributed by atoms with Crippen LogP contribution in [0.15, 0.2) is 12.2 Å². The lowest BCUT2D eigenvalue weighted by Crippen LogP contribution is -2.37. The summed E-state index contributed by atoms with van der Waals surface area (Å²) in [6.45, 7) is 4.27. The number of likely N-dealkylation sites (N-methyl/N-ethyl adjacent to an activating group) is 1. The number of carbonyl (C=O) groups is 2. The van der Waals surface area contributed by atoms with Gasteiger partial charge >= 0.3 is 11.9 Å². The maximum atomic E-state index is 12.7. The average Bonchev–Trinajstić information content (AvgIpc) is 3.30. The van der Waals surface area contributed by atoms with Crippen LogP contribution >= 0.6 is 7.82 Å². The van der Waals surface area contributed by atoms with Crippen LogP contribution in [0, 0.1) is 0 Å². The van der Waals surface area contributed by atoms with Gasteiger partial charge in [-0.15, -0.1) is 0 Å². The van der Waals surface area contributed by atoms with E-state index in [4.69, 9.17) is 18.5 Å². The number of rotatable bonds is 55. The van der Waals surface area contributed by atoms with Crippen molar-refractivity contribution in [2.75, 3.05) is 47.5 Å². The molecule has 0 radical (unpaired) electrons. The van der Waals surface area contributed by atoms with Crippen molar-refractivity contribution in [3.63, 3.8) is 0 Å². The van der Waals surface area contributed by atoms with Crippen molar-refractivity contribution < 1.29 is 42.1 Å². The number of ether oxygens (including phenoxy) is 2. The molecule has 0 aromatic rings. The Hall–Kier alpha value is -1.25. The number of quaternary nitrogens is 1. The smallest absolute Gasteiger partial charge is 0.306 e. The molecular formula is C58H114NO8P. The first kappa shape index (κ1) is 66.8. The Morgan fingerprint density at radius 3 is 1.09 bits per heavy atom. The molecule has 9 nitrogen and oxygen atoms in total. The molecule has 0 aliphatic heterocycles. The van der Waals surface area contributed by atoms with Crippen LogP contribution in [0.4, 0.5) is 0 Å². The van der Waals surface area contributed by atoms with Gasteiger partial charge in [0.25, 0.3) is 7.82 Å². The Labute approximate surface area is 422 Å². The van der Waals surface area contributed by atoms with Gasteiger partial charge in [-0.1, -0.05) is 257 Å². The molecule has 2 atom stereocenters. The van der Waals surface area contributed by atoms with E-state index in [1.54, 1.807) is 0 Å². The second-order valence-electron chi connectivity index (χ2n) is 21.4. The Morgan fingerprint density at radius 1 is 0.441 bits per heavy atom.